The van der Waals surface area contributed by atoms with Gasteiger partial charge >= 0.3 is 0 Å². The number of aromatic nitrogens is 1. The first-order valence-electron chi connectivity index (χ1n) is 8.36. The molecule has 1 aromatic carbocycles. The lowest BCUT2D eigenvalue weighted by molar-refractivity contribution is -0.117. The minimum Gasteiger partial charge on any atom is -0.326 e. The number of benzene rings is 1. The van der Waals surface area contributed by atoms with Gasteiger partial charge in [-0.15, -0.1) is 22.7 Å². The predicted octanol–water partition coefficient (Wildman–Crippen LogP) is 4.40. The second kappa shape index (κ2) is 7.39. The third kappa shape index (κ3) is 4.17. The Hall–Kier alpha value is -2.51. The monoisotopic (exact) mass is 383 g/mol. The van der Waals surface area contributed by atoms with Gasteiger partial charge in [0.1, 0.15) is 5.01 Å². The molecule has 1 aliphatic carbocycles. The number of carbonyl (C=O) groups excluding carboxylic acids is 2. The number of amides is 2. The summed E-state index contributed by atoms with van der Waals surface area (Å²) in [7, 11) is 0. The molecule has 26 heavy (non-hydrogen) atoms. The van der Waals surface area contributed by atoms with Crippen LogP contribution in [0, 0.1) is 5.92 Å². The quantitative estimate of drug-likeness (QED) is 0.663. The van der Waals surface area contributed by atoms with Gasteiger partial charge in [-0.05, 0) is 42.5 Å². The zero-order chi connectivity index (χ0) is 17.9. The highest BCUT2D eigenvalue weighted by Crippen LogP contribution is 2.30. The molecule has 132 valence electrons. The van der Waals surface area contributed by atoms with Crippen LogP contribution in [-0.4, -0.2) is 16.8 Å². The molecule has 0 saturated heterocycles. The fourth-order valence-corrected chi connectivity index (χ4v) is 4.17. The summed E-state index contributed by atoms with van der Waals surface area (Å²) in [5.41, 5.74) is 2.12. The molecular weight excluding hydrogens is 366 g/mol. The number of hydrogen-bond donors (Lipinski definition) is 2. The molecule has 2 amide bonds. The van der Waals surface area contributed by atoms with Gasteiger partial charge in [0, 0.05) is 22.7 Å². The minimum atomic E-state index is -0.126. The van der Waals surface area contributed by atoms with Crippen LogP contribution in [0.25, 0.3) is 9.88 Å². The van der Waals surface area contributed by atoms with Gasteiger partial charge in [-0.3, -0.25) is 9.59 Å². The van der Waals surface area contributed by atoms with E-state index >= 15 is 0 Å². The minimum absolute atomic E-state index is 0.0528. The summed E-state index contributed by atoms with van der Waals surface area (Å²) in [5, 5.41) is 10.6. The van der Waals surface area contributed by atoms with E-state index in [4.69, 9.17) is 0 Å². The Morgan fingerprint density at radius 3 is 2.62 bits per heavy atom. The molecule has 1 aliphatic rings. The molecule has 0 bridgehead atoms. The average Bonchev–Trinajstić information content (AvgIpc) is 3.13. The van der Waals surface area contributed by atoms with Crippen LogP contribution >= 0.6 is 22.7 Å². The topological polar surface area (TPSA) is 71.1 Å². The zero-order valence-electron chi connectivity index (χ0n) is 13.9. The summed E-state index contributed by atoms with van der Waals surface area (Å²) in [6, 6.07) is 11.2. The van der Waals surface area contributed by atoms with E-state index < -0.39 is 0 Å². The third-order valence-electron chi connectivity index (χ3n) is 3.99. The van der Waals surface area contributed by atoms with Crippen molar-refractivity contribution >= 4 is 45.9 Å². The standard InChI is InChI=1S/C19H17N3O2S2/c23-17(10-15-11-26-19(22-15)16-5-2-8-25-16)20-13-3-1-4-14(9-13)21-18(24)12-6-7-12/h1-5,8-9,11-12H,6-7,10H2,(H,20,23)(H,21,24). The SMILES string of the molecule is O=C(Cc1csc(-c2cccs2)n1)Nc1cccc(NC(=O)C2CC2)c1. The highest BCUT2D eigenvalue weighted by Gasteiger charge is 2.29. The van der Waals surface area contributed by atoms with Gasteiger partial charge in [0.25, 0.3) is 0 Å². The highest BCUT2D eigenvalue weighted by atomic mass is 32.1. The molecule has 4 rings (SSSR count). The molecule has 0 radical (unpaired) electrons. The largest absolute Gasteiger partial charge is 0.326 e. The summed E-state index contributed by atoms with van der Waals surface area (Å²) in [6.07, 6.45) is 2.15. The highest BCUT2D eigenvalue weighted by molar-refractivity contribution is 7.20. The molecule has 2 heterocycles. The van der Waals surface area contributed by atoms with E-state index in [1.54, 1.807) is 28.7 Å². The Morgan fingerprint density at radius 2 is 1.88 bits per heavy atom. The van der Waals surface area contributed by atoms with E-state index in [0.717, 1.165) is 28.4 Å². The van der Waals surface area contributed by atoms with Crippen LogP contribution in [0.15, 0.2) is 47.2 Å². The van der Waals surface area contributed by atoms with Crippen molar-refractivity contribution in [2.75, 3.05) is 10.6 Å². The van der Waals surface area contributed by atoms with E-state index in [2.05, 4.69) is 15.6 Å². The fraction of sp³-hybridized carbons (Fsp3) is 0.211. The first kappa shape index (κ1) is 16.9. The fourth-order valence-electron chi connectivity index (χ4n) is 2.54. The number of hydrogen-bond acceptors (Lipinski definition) is 5. The van der Waals surface area contributed by atoms with Crippen LogP contribution in [0.3, 0.4) is 0 Å². The number of thiazole rings is 1. The van der Waals surface area contributed by atoms with Gasteiger partial charge in [-0.25, -0.2) is 4.98 Å². The molecule has 7 heteroatoms. The predicted molar refractivity (Wildman–Crippen MR) is 106 cm³/mol. The Morgan fingerprint density at radius 1 is 1.08 bits per heavy atom. The first-order valence-corrected chi connectivity index (χ1v) is 10.1. The maximum Gasteiger partial charge on any atom is 0.230 e. The molecule has 0 spiro atoms. The second-order valence-corrected chi connectivity index (χ2v) is 8.00. The molecule has 0 unspecified atom stereocenters. The Bertz CT molecular complexity index is 930. The molecule has 0 aliphatic heterocycles. The maximum atomic E-state index is 12.3. The normalized spacial score (nSPS) is 13.4. The van der Waals surface area contributed by atoms with Crippen LogP contribution in [0.4, 0.5) is 11.4 Å². The molecule has 2 aromatic heterocycles. The van der Waals surface area contributed by atoms with Crippen LogP contribution < -0.4 is 10.6 Å². The van der Waals surface area contributed by atoms with Crippen molar-refractivity contribution < 1.29 is 9.59 Å². The number of carbonyl (C=O) groups is 2. The number of nitrogens with zero attached hydrogens (tertiary/aromatic N) is 1. The lowest BCUT2D eigenvalue weighted by atomic mass is 10.2. The Labute approximate surface area is 159 Å². The number of anilines is 2. The average molecular weight is 383 g/mol. The van der Waals surface area contributed by atoms with Crippen molar-refractivity contribution in [2.45, 2.75) is 19.3 Å². The van der Waals surface area contributed by atoms with E-state index in [1.807, 2.05) is 41.1 Å². The van der Waals surface area contributed by atoms with E-state index in [0.29, 0.717) is 11.4 Å². The molecular formula is C19H17N3O2S2. The van der Waals surface area contributed by atoms with Gasteiger partial charge in [-0.1, -0.05) is 12.1 Å². The van der Waals surface area contributed by atoms with E-state index in [9.17, 15) is 9.59 Å². The third-order valence-corrected chi connectivity index (χ3v) is 5.92. The molecule has 0 atom stereocenters. The van der Waals surface area contributed by atoms with Crippen LogP contribution in [0.1, 0.15) is 18.5 Å². The lowest BCUT2D eigenvalue weighted by Crippen LogP contribution is -2.16. The zero-order valence-corrected chi connectivity index (χ0v) is 15.5. The lowest BCUT2D eigenvalue weighted by Gasteiger charge is -2.08. The first-order chi connectivity index (χ1) is 12.7. The summed E-state index contributed by atoms with van der Waals surface area (Å²) >= 11 is 3.18. The molecule has 3 aromatic rings. The van der Waals surface area contributed by atoms with Crippen LogP contribution in [0.2, 0.25) is 0 Å². The van der Waals surface area contributed by atoms with Gasteiger partial charge < -0.3 is 10.6 Å². The van der Waals surface area contributed by atoms with Gasteiger partial charge in [-0.2, -0.15) is 0 Å². The van der Waals surface area contributed by atoms with Gasteiger partial charge in [0.15, 0.2) is 0 Å². The Balaban J connectivity index is 1.36. The van der Waals surface area contributed by atoms with Gasteiger partial charge in [0.2, 0.25) is 11.8 Å². The van der Waals surface area contributed by atoms with Crippen molar-refractivity contribution in [1.82, 2.24) is 4.98 Å². The van der Waals surface area contributed by atoms with E-state index in [-0.39, 0.29) is 24.2 Å². The van der Waals surface area contributed by atoms with Crippen molar-refractivity contribution in [3.63, 3.8) is 0 Å². The number of nitrogens with one attached hydrogen (secondary N) is 2. The Kier molecular flexibility index (Phi) is 4.81. The summed E-state index contributed by atoms with van der Waals surface area (Å²) in [6.45, 7) is 0. The number of thiophene rings is 1. The summed E-state index contributed by atoms with van der Waals surface area (Å²) in [5.74, 6) is 0.0752. The maximum absolute atomic E-state index is 12.3. The van der Waals surface area contributed by atoms with E-state index in [1.165, 1.54) is 0 Å². The molecule has 5 nitrogen and oxygen atoms in total. The summed E-state index contributed by atoms with van der Waals surface area (Å²) in [4.78, 5) is 29.8. The van der Waals surface area contributed by atoms with Crippen molar-refractivity contribution in [3.05, 3.63) is 52.9 Å². The number of rotatable bonds is 6. The van der Waals surface area contributed by atoms with Gasteiger partial charge in [0.05, 0.1) is 17.0 Å². The second-order valence-electron chi connectivity index (χ2n) is 6.19. The van der Waals surface area contributed by atoms with Crippen molar-refractivity contribution in [2.24, 2.45) is 5.92 Å². The van der Waals surface area contributed by atoms with Crippen LogP contribution in [-0.2, 0) is 16.0 Å². The summed E-state index contributed by atoms with van der Waals surface area (Å²) < 4.78 is 0. The molecule has 2 N–H and O–H groups in total. The van der Waals surface area contributed by atoms with Crippen LogP contribution in [0.5, 0.6) is 0 Å². The molecule has 1 fully saturated rings. The van der Waals surface area contributed by atoms with Crippen molar-refractivity contribution in [3.8, 4) is 9.88 Å². The smallest absolute Gasteiger partial charge is 0.230 e. The van der Waals surface area contributed by atoms with Crippen molar-refractivity contribution in [1.29, 1.82) is 0 Å². The molecule has 1 saturated carbocycles.